The molecule has 1 fully saturated rings. The van der Waals surface area contributed by atoms with E-state index in [1.807, 2.05) is 36.4 Å². The molecule has 2 rings (SSSR count). The minimum absolute atomic E-state index is 0.0950. The zero-order chi connectivity index (χ0) is 21.8. The first-order valence-electron chi connectivity index (χ1n) is 10.3. The number of benzene rings is 1. The number of nitrogens with one attached hydrogen (secondary N) is 2. The highest BCUT2D eigenvalue weighted by molar-refractivity contribution is 5.86. The Morgan fingerprint density at radius 1 is 1.10 bits per heavy atom. The van der Waals surface area contributed by atoms with Crippen molar-refractivity contribution in [3.8, 4) is 6.07 Å². The van der Waals surface area contributed by atoms with Crippen molar-refractivity contribution in [2.24, 2.45) is 5.92 Å². The van der Waals surface area contributed by atoms with E-state index in [0.717, 1.165) is 31.2 Å². The largest absolute Gasteiger partial charge is 0.463 e. The summed E-state index contributed by atoms with van der Waals surface area (Å²) < 4.78 is 10.0. The quantitative estimate of drug-likeness (QED) is 0.599. The maximum atomic E-state index is 12.8. The molecule has 30 heavy (non-hydrogen) atoms. The van der Waals surface area contributed by atoms with Crippen LogP contribution >= 0.6 is 0 Å². The third-order valence-corrected chi connectivity index (χ3v) is 5.04. The number of hydrogen-bond donors (Lipinski definition) is 2. The van der Waals surface area contributed by atoms with E-state index < -0.39 is 30.1 Å². The van der Waals surface area contributed by atoms with Gasteiger partial charge in [-0.1, -0.05) is 62.4 Å². The van der Waals surface area contributed by atoms with Crippen molar-refractivity contribution in [3.63, 3.8) is 0 Å². The Labute approximate surface area is 176 Å². The van der Waals surface area contributed by atoms with E-state index in [9.17, 15) is 19.6 Å². The summed E-state index contributed by atoms with van der Waals surface area (Å²) in [5.41, 5.74) is 0.840. The third-order valence-electron chi connectivity index (χ3n) is 5.04. The molecule has 1 aliphatic rings. The van der Waals surface area contributed by atoms with Crippen LogP contribution in [0, 0.1) is 17.2 Å². The first kappa shape index (κ1) is 23.2. The smallest absolute Gasteiger partial charge is 0.408 e. The molecular formula is C22H29N3O5. The average molecular weight is 415 g/mol. The maximum absolute atomic E-state index is 12.8. The van der Waals surface area contributed by atoms with Gasteiger partial charge in [0.1, 0.15) is 19.3 Å². The zero-order valence-corrected chi connectivity index (χ0v) is 17.3. The van der Waals surface area contributed by atoms with Gasteiger partial charge in [0.2, 0.25) is 5.91 Å². The molecule has 1 aliphatic carbocycles. The number of carbonyl (C=O) groups excluding carboxylic acids is 3. The fourth-order valence-corrected chi connectivity index (χ4v) is 3.48. The monoisotopic (exact) mass is 415 g/mol. The Hall–Kier alpha value is -3.08. The van der Waals surface area contributed by atoms with Gasteiger partial charge in [-0.05, 0) is 17.9 Å². The van der Waals surface area contributed by atoms with Gasteiger partial charge >= 0.3 is 12.1 Å². The van der Waals surface area contributed by atoms with Crippen LogP contribution in [0.4, 0.5) is 4.79 Å². The molecule has 0 radical (unpaired) electrons. The van der Waals surface area contributed by atoms with Gasteiger partial charge in [0.15, 0.2) is 6.04 Å². The molecule has 2 amide bonds. The van der Waals surface area contributed by atoms with Gasteiger partial charge < -0.3 is 20.1 Å². The number of nitrogens with zero attached hydrogens (tertiary/aromatic N) is 1. The second kappa shape index (κ2) is 12.5. The topological polar surface area (TPSA) is 118 Å². The van der Waals surface area contributed by atoms with Crippen LogP contribution in [-0.4, -0.2) is 36.7 Å². The Morgan fingerprint density at radius 3 is 2.43 bits per heavy atom. The predicted octanol–water partition coefficient (Wildman–Crippen LogP) is 2.82. The van der Waals surface area contributed by atoms with Crippen molar-refractivity contribution in [2.75, 3.05) is 6.61 Å². The van der Waals surface area contributed by atoms with Crippen LogP contribution in [0.25, 0.3) is 0 Å². The molecule has 0 aromatic heterocycles. The van der Waals surface area contributed by atoms with E-state index in [2.05, 4.69) is 10.6 Å². The van der Waals surface area contributed by atoms with Crippen LogP contribution in [0.15, 0.2) is 30.3 Å². The molecule has 0 aliphatic heterocycles. The van der Waals surface area contributed by atoms with Crippen LogP contribution in [0.3, 0.4) is 0 Å². The number of alkyl carbamates (subject to hydrolysis) is 1. The van der Waals surface area contributed by atoms with Gasteiger partial charge in [-0.15, -0.1) is 0 Å². The van der Waals surface area contributed by atoms with Gasteiger partial charge in [-0.25, -0.2) is 4.79 Å². The lowest BCUT2D eigenvalue weighted by atomic mass is 9.84. The van der Waals surface area contributed by atoms with Gasteiger partial charge in [0.05, 0.1) is 6.07 Å². The summed E-state index contributed by atoms with van der Waals surface area (Å²) in [4.78, 5) is 36.0. The summed E-state index contributed by atoms with van der Waals surface area (Å²) in [7, 11) is 0. The molecule has 8 nitrogen and oxygen atoms in total. The molecule has 1 aromatic rings. The molecule has 2 atom stereocenters. The van der Waals surface area contributed by atoms with Gasteiger partial charge in [-0.2, -0.15) is 5.26 Å². The first-order valence-corrected chi connectivity index (χ1v) is 10.3. The second-order valence-electron chi connectivity index (χ2n) is 7.49. The predicted molar refractivity (Wildman–Crippen MR) is 109 cm³/mol. The lowest BCUT2D eigenvalue weighted by molar-refractivity contribution is -0.142. The minimum Gasteiger partial charge on any atom is -0.463 e. The zero-order valence-electron chi connectivity index (χ0n) is 17.3. The van der Waals surface area contributed by atoms with Crippen LogP contribution in [-0.2, 0) is 25.7 Å². The summed E-state index contributed by atoms with van der Waals surface area (Å²) in [5, 5.41) is 14.4. The molecule has 0 unspecified atom stereocenters. The SMILES string of the molecule is CC(=O)OC[C@@H](C#N)NC(=O)[C@H](CC1CCCCC1)NC(=O)OCc1ccccc1. The molecule has 8 heteroatoms. The fraction of sp³-hybridized carbons (Fsp3) is 0.545. The van der Waals surface area contributed by atoms with Crippen molar-refractivity contribution in [2.45, 2.75) is 64.1 Å². The third kappa shape index (κ3) is 8.52. The van der Waals surface area contributed by atoms with Crippen molar-refractivity contribution in [1.82, 2.24) is 10.6 Å². The lowest BCUT2D eigenvalue weighted by Gasteiger charge is -2.27. The van der Waals surface area contributed by atoms with Crippen LogP contribution in [0.5, 0.6) is 0 Å². The summed E-state index contributed by atoms with van der Waals surface area (Å²) >= 11 is 0. The van der Waals surface area contributed by atoms with Gasteiger partial charge in [0, 0.05) is 6.92 Å². The molecule has 0 saturated heterocycles. The minimum atomic E-state index is -0.989. The number of amides is 2. The van der Waals surface area contributed by atoms with E-state index in [-0.39, 0.29) is 13.2 Å². The molecular weight excluding hydrogens is 386 g/mol. The van der Waals surface area contributed by atoms with Crippen molar-refractivity contribution in [1.29, 1.82) is 5.26 Å². The van der Waals surface area contributed by atoms with Crippen LogP contribution < -0.4 is 10.6 Å². The summed E-state index contributed by atoms with van der Waals surface area (Å²) in [5.74, 6) is -0.709. The van der Waals surface area contributed by atoms with E-state index in [1.165, 1.54) is 13.3 Å². The molecule has 162 valence electrons. The van der Waals surface area contributed by atoms with Crippen molar-refractivity contribution < 1.29 is 23.9 Å². The number of esters is 1. The Bertz CT molecular complexity index is 741. The normalized spacial score (nSPS) is 15.9. The second-order valence-corrected chi connectivity index (χ2v) is 7.49. The van der Waals surface area contributed by atoms with Gasteiger partial charge in [-0.3, -0.25) is 9.59 Å². The Kier molecular flexibility index (Phi) is 9.65. The molecule has 1 saturated carbocycles. The first-order chi connectivity index (χ1) is 14.5. The maximum Gasteiger partial charge on any atom is 0.408 e. The summed E-state index contributed by atoms with van der Waals surface area (Å²) in [6.45, 7) is 1.08. The van der Waals surface area contributed by atoms with Crippen LogP contribution in [0.1, 0.15) is 51.0 Å². The Morgan fingerprint density at radius 2 is 1.80 bits per heavy atom. The highest BCUT2D eigenvalue weighted by Gasteiger charge is 2.28. The lowest BCUT2D eigenvalue weighted by Crippen LogP contribution is -2.51. The highest BCUT2D eigenvalue weighted by Crippen LogP contribution is 2.27. The number of nitriles is 1. The molecule has 1 aromatic carbocycles. The van der Waals surface area contributed by atoms with E-state index in [1.54, 1.807) is 0 Å². The summed E-state index contributed by atoms with van der Waals surface area (Å²) in [6, 6.07) is 9.32. The van der Waals surface area contributed by atoms with E-state index in [4.69, 9.17) is 9.47 Å². The molecule has 2 N–H and O–H groups in total. The number of hydrogen-bond acceptors (Lipinski definition) is 6. The summed E-state index contributed by atoms with van der Waals surface area (Å²) in [6.07, 6.45) is 5.16. The average Bonchev–Trinajstić information content (AvgIpc) is 2.76. The van der Waals surface area contributed by atoms with Crippen molar-refractivity contribution in [3.05, 3.63) is 35.9 Å². The standard InChI is InChI=1S/C22H29N3O5/c1-16(26)29-15-19(13-23)24-21(27)20(12-17-8-4-2-5-9-17)25-22(28)30-14-18-10-6-3-7-11-18/h3,6-7,10-11,17,19-20H,2,4-5,8-9,12,14-15H2,1H3,(H,24,27)(H,25,28)/t19-,20+/m1/s1. The van der Waals surface area contributed by atoms with E-state index in [0.29, 0.717) is 12.3 Å². The van der Waals surface area contributed by atoms with Crippen LogP contribution in [0.2, 0.25) is 0 Å². The number of rotatable bonds is 9. The highest BCUT2D eigenvalue weighted by atomic mass is 16.5. The fourth-order valence-electron chi connectivity index (χ4n) is 3.48. The van der Waals surface area contributed by atoms with E-state index >= 15 is 0 Å². The molecule has 0 bridgehead atoms. The Balaban J connectivity index is 1.95. The van der Waals surface area contributed by atoms with Crippen molar-refractivity contribution >= 4 is 18.0 Å². The molecule has 0 spiro atoms. The number of carbonyl (C=O) groups is 3. The van der Waals surface area contributed by atoms with Gasteiger partial charge in [0.25, 0.3) is 0 Å². The number of ether oxygens (including phenoxy) is 2. The molecule has 0 heterocycles.